The minimum atomic E-state index is -0.160. The summed E-state index contributed by atoms with van der Waals surface area (Å²) in [4.78, 5) is 19.9. The summed E-state index contributed by atoms with van der Waals surface area (Å²) in [6, 6.07) is 6.11. The number of carbonyl (C=O) groups is 1. The van der Waals surface area contributed by atoms with Crippen LogP contribution in [0.5, 0.6) is 0 Å². The summed E-state index contributed by atoms with van der Waals surface area (Å²) in [5.41, 5.74) is 2.72. The number of rotatable bonds is 4. The normalized spacial score (nSPS) is 14.6. The number of carbonyl (C=O) groups excluding carboxylic acids is 1. The zero-order chi connectivity index (χ0) is 17.9. The standard InChI is InChI=1S/C19H21N5OS/c1-2-15-18(26-23-22-15)19(25)21-16-6-7-17(24-10-4-3-5-11-24)13-8-9-20-12-14(13)16/h6-9,12H,2-5,10-11H2,1H3,(H,21,25). The highest BCUT2D eigenvalue weighted by Gasteiger charge is 2.18. The fourth-order valence-electron chi connectivity index (χ4n) is 3.49. The average molecular weight is 367 g/mol. The topological polar surface area (TPSA) is 71.0 Å². The van der Waals surface area contributed by atoms with E-state index in [4.69, 9.17) is 0 Å². The molecule has 134 valence electrons. The molecule has 1 amide bonds. The molecule has 1 fully saturated rings. The molecule has 1 aliphatic rings. The molecule has 7 heteroatoms. The molecule has 0 aliphatic carbocycles. The van der Waals surface area contributed by atoms with Gasteiger partial charge < -0.3 is 10.2 Å². The molecular formula is C19H21N5OS. The second-order valence-corrected chi connectivity index (χ2v) is 7.21. The fourth-order valence-corrected chi connectivity index (χ4v) is 4.13. The van der Waals surface area contributed by atoms with Gasteiger partial charge in [-0.05, 0) is 55.4 Å². The molecule has 4 rings (SSSR count). The average Bonchev–Trinajstić information content (AvgIpc) is 3.18. The van der Waals surface area contributed by atoms with Gasteiger partial charge in [-0.25, -0.2) is 0 Å². The zero-order valence-electron chi connectivity index (χ0n) is 14.7. The summed E-state index contributed by atoms with van der Waals surface area (Å²) in [5, 5.41) is 9.13. The second kappa shape index (κ2) is 7.37. The Labute approximate surface area is 156 Å². The molecule has 0 atom stereocenters. The Kier molecular flexibility index (Phi) is 4.79. The van der Waals surface area contributed by atoms with Crippen LogP contribution in [0, 0.1) is 0 Å². The van der Waals surface area contributed by atoms with Crippen LogP contribution in [0.25, 0.3) is 10.8 Å². The van der Waals surface area contributed by atoms with Crippen LogP contribution in [0.1, 0.15) is 41.6 Å². The maximum atomic E-state index is 12.7. The number of aryl methyl sites for hydroxylation is 1. The Morgan fingerprint density at radius 1 is 1.19 bits per heavy atom. The predicted molar refractivity (Wildman–Crippen MR) is 105 cm³/mol. The smallest absolute Gasteiger partial charge is 0.269 e. The largest absolute Gasteiger partial charge is 0.371 e. The molecule has 3 aromatic rings. The van der Waals surface area contributed by atoms with Crippen molar-refractivity contribution in [2.24, 2.45) is 0 Å². The van der Waals surface area contributed by atoms with E-state index in [1.54, 1.807) is 0 Å². The molecule has 3 heterocycles. The lowest BCUT2D eigenvalue weighted by Gasteiger charge is -2.30. The third-order valence-electron chi connectivity index (χ3n) is 4.84. The Morgan fingerprint density at radius 3 is 2.85 bits per heavy atom. The highest BCUT2D eigenvalue weighted by molar-refractivity contribution is 7.08. The third-order valence-corrected chi connectivity index (χ3v) is 5.60. The number of nitrogens with one attached hydrogen (secondary N) is 1. The number of amides is 1. The predicted octanol–water partition coefficient (Wildman–Crippen LogP) is 3.89. The lowest BCUT2D eigenvalue weighted by molar-refractivity contribution is 0.102. The number of fused-ring (bicyclic) bond motifs is 1. The van der Waals surface area contributed by atoms with Gasteiger partial charge in [0.05, 0.1) is 11.4 Å². The third kappa shape index (κ3) is 3.14. The molecule has 1 aliphatic heterocycles. The van der Waals surface area contributed by atoms with E-state index < -0.39 is 0 Å². The van der Waals surface area contributed by atoms with Gasteiger partial charge in [0.1, 0.15) is 4.88 Å². The summed E-state index contributed by atoms with van der Waals surface area (Å²) < 4.78 is 3.91. The van der Waals surface area contributed by atoms with Crippen molar-refractivity contribution in [2.75, 3.05) is 23.3 Å². The maximum absolute atomic E-state index is 12.7. The van der Waals surface area contributed by atoms with Crippen LogP contribution in [0.4, 0.5) is 11.4 Å². The van der Waals surface area contributed by atoms with Crippen LogP contribution in [-0.4, -0.2) is 33.6 Å². The molecule has 2 aromatic heterocycles. The van der Waals surface area contributed by atoms with Crippen molar-refractivity contribution in [1.29, 1.82) is 0 Å². The highest BCUT2D eigenvalue weighted by atomic mass is 32.1. The summed E-state index contributed by atoms with van der Waals surface area (Å²) >= 11 is 1.14. The summed E-state index contributed by atoms with van der Waals surface area (Å²) in [6.45, 7) is 4.13. The van der Waals surface area contributed by atoms with E-state index >= 15 is 0 Å². The van der Waals surface area contributed by atoms with Gasteiger partial charge in [-0.15, -0.1) is 5.10 Å². The van der Waals surface area contributed by atoms with Crippen LogP contribution in [0.2, 0.25) is 0 Å². The van der Waals surface area contributed by atoms with E-state index in [0.29, 0.717) is 11.3 Å². The lowest BCUT2D eigenvalue weighted by Crippen LogP contribution is -2.29. The van der Waals surface area contributed by atoms with Crippen LogP contribution < -0.4 is 10.2 Å². The quantitative estimate of drug-likeness (QED) is 0.757. The molecule has 0 saturated carbocycles. The van der Waals surface area contributed by atoms with Crippen LogP contribution >= 0.6 is 11.5 Å². The molecule has 0 unspecified atom stereocenters. The molecule has 0 radical (unpaired) electrons. The molecule has 1 saturated heterocycles. The fraction of sp³-hybridized carbons (Fsp3) is 0.368. The van der Waals surface area contributed by atoms with E-state index in [1.807, 2.05) is 31.5 Å². The van der Waals surface area contributed by atoms with E-state index in [-0.39, 0.29) is 5.91 Å². The Hall–Kier alpha value is -2.54. The first kappa shape index (κ1) is 16.9. The number of hydrogen-bond acceptors (Lipinski definition) is 6. The number of aromatic nitrogens is 3. The molecule has 1 aromatic carbocycles. The highest BCUT2D eigenvalue weighted by Crippen LogP contribution is 2.33. The van der Waals surface area contributed by atoms with E-state index in [9.17, 15) is 4.79 Å². The SMILES string of the molecule is CCc1nnsc1C(=O)Nc1ccc(N2CCCCC2)c2ccncc12. The second-order valence-electron chi connectivity index (χ2n) is 6.46. The minimum Gasteiger partial charge on any atom is -0.371 e. The number of nitrogens with zero attached hydrogens (tertiary/aromatic N) is 4. The first-order valence-corrected chi connectivity index (χ1v) is 9.79. The first-order chi connectivity index (χ1) is 12.8. The summed E-state index contributed by atoms with van der Waals surface area (Å²) in [7, 11) is 0. The molecule has 0 bridgehead atoms. The summed E-state index contributed by atoms with van der Waals surface area (Å²) in [5.74, 6) is -0.160. The maximum Gasteiger partial charge on any atom is 0.269 e. The van der Waals surface area contributed by atoms with Gasteiger partial charge in [-0.2, -0.15) is 0 Å². The van der Waals surface area contributed by atoms with Gasteiger partial charge >= 0.3 is 0 Å². The minimum absolute atomic E-state index is 0.160. The first-order valence-electron chi connectivity index (χ1n) is 9.02. The Morgan fingerprint density at radius 2 is 2.04 bits per heavy atom. The molecule has 26 heavy (non-hydrogen) atoms. The van der Waals surface area contributed by atoms with Gasteiger partial charge in [0, 0.05) is 41.9 Å². The molecule has 6 nitrogen and oxygen atoms in total. The monoisotopic (exact) mass is 367 g/mol. The van der Waals surface area contributed by atoms with Crippen LogP contribution in [0.15, 0.2) is 30.6 Å². The van der Waals surface area contributed by atoms with Crippen molar-refractivity contribution < 1.29 is 4.79 Å². The van der Waals surface area contributed by atoms with Crippen molar-refractivity contribution in [3.63, 3.8) is 0 Å². The van der Waals surface area contributed by atoms with Crippen molar-refractivity contribution in [1.82, 2.24) is 14.6 Å². The van der Waals surface area contributed by atoms with Crippen LogP contribution in [-0.2, 0) is 6.42 Å². The summed E-state index contributed by atoms with van der Waals surface area (Å²) in [6.07, 6.45) is 8.07. The number of piperidine rings is 1. The molecule has 1 N–H and O–H groups in total. The van der Waals surface area contributed by atoms with Gasteiger partial charge in [-0.1, -0.05) is 11.4 Å². The van der Waals surface area contributed by atoms with Crippen molar-refractivity contribution >= 4 is 39.6 Å². The molecule has 0 spiro atoms. The van der Waals surface area contributed by atoms with Crippen molar-refractivity contribution in [3.05, 3.63) is 41.2 Å². The van der Waals surface area contributed by atoms with E-state index in [2.05, 4.69) is 30.9 Å². The Balaban J connectivity index is 1.69. The number of pyridine rings is 1. The van der Waals surface area contributed by atoms with Gasteiger partial charge in [-0.3, -0.25) is 9.78 Å². The van der Waals surface area contributed by atoms with Gasteiger partial charge in [0.25, 0.3) is 5.91 Å². The van der Waals surface area contributed by atoms with Crippen molar-refractivity contribution in [3.8, 4) is 0 Å². The molecular weight excluding hydrogens is 346 g/mol. The van der Waals surface area contributed by atoms with E-state index in [0.717, 1.165) is 46.8 Å². The van der Waals surface area contributed by atoms with Crippen LogP contribution in [0.3, 0.4) is 0 Å². The number of anilines is 2. The Bertz CT molecular complexity index is 933. The number of hydrogen-bond donors (Lipinski definition) is 1. The zero-order valence-corrected chi connectivity index (χ0v) is 15.6. The van der Waals surface area contributed by atoms with E-state index in [1.165, 1.54) is 24.9 Å². The van der Waals surface area contributed by atoms with Crippen molar-refractivity contribution in [2.45, 2.75) is 32.6 Å². The lowest BCUT2D eigenvalue weighted by atomic mass is 10.0. The van der Waals surface area contributed by atoms with Gasteiger partial charge in [0.15, 0.2) is 0 Å². The number of benzene rings is 1. The van der Waals surface area contributed by atoms with Gasteiger partial charge in [0.2, 0.25) is 0 Å².